The lowest BCUT2D eigenvalue weighted by Crippen LogP contribution is -2.14. The van der Waals surface area contributed by atoms with Crippen LogP contribution in [0.2, 0.25) is 5.02 Å². The number of hydrogen-bond acceptors (Lipinski definition) is 6. The number of aromatic nitrogens is 1. The summed E-state index contributed by atoms with van der Waals surface area (Å²) < 4.78 is 6.47. The van der Waals surface area contributed by atoms with Crippen molar-refractivity contribution in [2.75, 3.05) is 23.0 Å². The van der Waals surface area contributed by atoms with Crippen molar-refractivity contribution in [2.45, 2.75) is 18.2 Å². The minimum absolute atomic E-state index is 0.105. The highest BCUT2D eigenvalue weighted by molar-refractivity contribution is 8.00. The van der Waals surface area contributed by atoms with E-state index in [2.05, 4.69) is 15.6 Å². The number of thioether (sulfide) groups is 1. The molecule has 0 aliphatic rings. The summed E-state index contributed by atoms with van der Waals surface area (Å²) in [5.74, 6) is 0.806. The summed E-state index contributed by atoms with van der Waals surface area (Å²) in [6.45, 7) is 2.54. The van der Waals surface area contributed by atoms with Crippen molar-refractivity contribution in [1.82, 2.24) is 4.98 Å². The summed E-state index contributed by atoms with van der Waals surface area (Å²) in [4.78, 5) is 30.0. The highest BCUT2D eigenvalue weighted by atomic mass is 35.5. The molecule has 1 heterocycles. The third kappa shape index (κ3) is 6.72. The maximum atomic E-state index is 12.4. The Morgan fingerprint density at radius 1 is 1.00 bits per heavy atom. The molecule has 0 bridgehead atoms. The fraction of sp³-hybridized carbons (Fsp3) is 0.160. The van der Waals surface area contributed by atoms with Crippen LogP contribution in [0.3, 0.4) is 0 Å². The molecule has 0 spiro atoms. The number of hydrogen-bond donors (Lipinski definition) is 2. The van der Waals surface area contributed by atoms with Gasteiger partial charge in [-0.1, -0.05) is 35.1 Å². The van der Waals surface area contributed by atoms with Gasteiger partial charge in [-0.15, -0.1) is 11.8 Å². The van der Waals surface area contributed by atoms with Crippen molar-refractivity contribution >= 4 is 67.5 Å². The Morgan fingerprint density at radius 3 is 2.50 bits per heavy atom. The predicted octanol–water partition coefficient (Wildman–Crippen LogP) is 6.26. The fourth-order valence-electron chi connectivity index (χ4n) is 3.15. The second kappa shape index (κ2) is 11.4. The van der Waals surface area contributed by atoms with E-state index in [1.165, 1.54) is 23.1 Å². The molecule has 174 valence electrons. The van der Waals surface area contributed by atoms with Crippen molar-refractivity contribution in [2.24, 2.45) is 0 Å². The van der Waals surface area contributed by atoms with Crippen molar-refractivity contribution < 1.29 is 14.3 Å². The van der Waals surface area contributed by atoms with Gasteiger partial charge in [-0.3, -0.25) is 9.59 Å². The topological polar surface area (TPSA) is 80.3 Å². The van der Waals surface area contributed by atoms with Crippen LogP contribution in [0, 0.1) is 0 Å². The van der Waals surface area contributed by atoms with Gasteiger partial charge in [-0.25, -0.2) is 4.98 Å². The summed E-state index contributed by atoms with van der Waals surface area (Å²) in [5, 5.41) is 6.94. The quantitative estimate of drug-likeness (QED) is 0.259. The first-order valence-electron chi connectivity index (χ1n) is 10.6. The number of fused-ring (bicyclic) bond motifs is 1. The van der Waals surface area contributed by atoms with Crippen LogP contribution in [0.15, 0.2) is 71.6 Å². The molecule has 2 N–H and O–H groups in total. The molecule has 0 radical (unpaired) electrons. The molecule has 0 unspecified atom stereocenters. The Hall–Kier alpha value is -3.07. The first-order valence-corrected chi connectivity index (χ1v) is 12.8. The summed E-state index contributed by atoms with van der Waals surface area (Å²) >= 11 is 8.71. The number of carbonyl (C=O) groups excluding carboxylic acids is 2. The lowest BCUT2D eigenvalue weighted by molar-refractivity contribution is -0.115. The number of thiazole rings is 1. The zero-order valence-electron chi connectivity index (χ0n) is 18.3. The molecule has 2 amide bonds. The fourth-order valence-corrected chi connectivity index (χ4v) is 4.88. The van der Waals surface area contributed by atoms with Crippen LogP contribution in [-0.4, -0.2) is 29.2 Å². The number of nitrogens with zero attached hydrogens (tertiary/aromatic N) is 1. The number of nitrogens with one attached hydrogen (secondary N) is 2. The van der Waals surface area contributed by atoms with Gasteiger partial charge >= 0.3 is 0 Å². The van der Waals surface area contributed by atoms with Gasteiger partial charge in [0.2, 0.25) is 11.8 Å². The van der Waals surface area contributed by atoms with E-state index in [9.17, 15) is 9.59 Å². The normalized spacial score (nSPS) is 10.8. The van der Waals surface area contributed by atoms with E-state index >= 15 is 0 Å². The Morgan fingerprint density at radius 2 is 1.76 bits per heavy atom. The molecule has 0 saturated heterocycles. The predicted molar refractivity (Wildman–Crippen MR) is 140 cm³/mol. The van der Waals surface area contributed by atoms with Gasteiger partial charge in [0, 0.05) is 15.6 Å². The number of anilines is 2. The highest BCUT2D eigenvalue weighted by Gasteiger charge is 2.10. The first-order chi connectivity index (χ1) is 16.5. The largest absolute Gasteiger partial charge is 0.494 e. The number of rotatable bonds is 9. The number of halogens is 1. The molecule has 0 atom stereocenters. The molecular weight excluding hydrogens is 490 g/mol. The second-order valence-electron chi connectivity index (χ2n) is 7.29. The molecular formula is C25H22ClN3O3S2. The van der Waals surface area contributed by atoms with E-state index in [0.29, 0.717) is 22.4 Å². The van der Waals surface area contributed by atoms with E-state index < -0.39 is 0 Å². The van der Waals surface area contributed by atoms with Crippen LogP contribution in [0.5, 0.6) is 5.75 Å². The van der Waals surface area contributed by atoms with Crippen LogP contribution in [0.25, 0.3) is 10.2 Å². The molecule has 0 fully saturated rings. The minimum atomic E-state index is -0.130. The molecule has 3 aromatic carbocycles. The Bertz CT molecular complexity index is 1290. The molecule has 6 nitrogen and oxygen atoms in total. The van der Waals surface area contributed by atoms with E-state index in [1.54, 1.807) is 12.1 Å². The summed E-state index contributed by atoms with van der Waals surface area (Å²) in [6, 6.07) is 20.3. The van der Waals surface area contributed by atoms with Gasteiger partial charge < -0.3 is 15.4 Å². The molecule has 4 rings (SSSR count). The zero-order chi connectivity index (χ0) is 23.9. The Balaban J connectivity index is 1.25. The second-order valence-corrected chi connectivity index (χ2v) is 9.81. The maximum Gasteiger partial charge on any atom is 0.236 e. The standard InChI is InChI=1S/C25H22ClN3O3S2/c1-2-32-19-9-12-21-22(14-19)34-25(28-21)29-24(31)15-33-20-10-7-18(8-11-20)27-23(30)13-16-3-5-17(26)6-4-16/h3-12,14H,2,13,15H2,1H3,(H,27,30)(H,28,29,31). The van der Waals surface area contributed by atoms with Crippen molar-refractivity contribution in [3.8, 4) is 5.75 Å². The molecule has 0 saturated carbocycles. The summed E-state index contributed by atoms with van der Waals surface area (Å²) in [6.07, 6.45) is 0.270. The van der Waals surface area contributed by atoms with E-state index in [4.69, 9.17) is 16.3 Å². The van der Waals surface area contributed by atoms with Gasteiger partial charge in [0.15, 0.2) is 5.13 Å². The average Bonchev–Trinajstić information content (AvgIpc) is 3.22. The molecule has 34 heavy (non-hydrogen) atoms. The van der Waals surface area contributed by atoms with E-state index in [0.717, 1.165) is 26.4 Å². The number of benzene rings is 3. The van der Waals surface area contributed by atoms with Gasteiger partial charge in [0.25, 0.3) is 0 Å². The van der Waals surface area contributed by atoms with Gasteiger partial charge in [-0.2, -0.15) is 0 Å². The summed E-state index contributed by atoms with van der Waals surface area (Å²) in [5.41, 5.74) is 2.42. The first kappa shape index (κ1) is 24.1. The van der Waals surface area contributed by atoms with Crippen LogP contribution >= 0.6 is 34.7 Å². The van der Waals surface area contributed by atoms with Crippen LogP contribution in [0.4, 0.5) is 10.8 Å². The van der Waals surface area contributed by atoms with Crippen LogP contribution in [0.1, 0.15) is 12.5 Å². The van der Waals surface area contributed by atoms with Crippen LogP contribution < -0.4 is 15.4 Å². The van der Waals surface area contributed by atoms with E-state index in [-0.39, 0.29) is 24.0 Å². The monoisotopic (exact) mass is 511 g/mol. The number of carbonyl (C=O) groups is 2. The van der Waals surface area contributed by atoms with Gasteiger partial charge in [-0.05, 0) is 67.1 Å². The SMILES string of the molecule is CCOc1ccc2nc(NC(=O)CSc3ccc(NC(=O)Cc4ccc(Cl)cc4)cc3)sc2c1. The molecule has 4 aromatic rings. The van der Waals surface area contributed by atoms with Crippen molar-refractivity contribution in [1.29, 1.82) is 0 Å². The maximum absolute atomic E-state index is 12.4. The zero-order valence-corrected chi connectivity index (χ0v) is 20.7. The van der Waals surface area contributed by atoms with E-state index in [1.807, 2.05) is 61.5 Å². The minimum Gasteiger partial charge on any atom is -0.494 e. The summed E-state index contributed by atoms with van der Waals surface area (Å²) in [7, 11) is 0. The lowest BCUT2D eigenvalue weighted by atomic mass is 10.1. The van der Waals surface area contributed by atoms with Crippen molar-refractivity contribution in [3.63, 3.8) is 0 Å². The van der Waals surface area contributed by atoms with Gasteiger partial charge in [0.05, 0.1) is 29.0 Å². The number of ether oxygens (including phenoxy) is 1. The lowest BCUT2D eigenvalue weighted by Gasteiger charge is -2.07. The molecule has 0 aliphatic carbocycles. The highest BCUT2D eigenvalue weighted by Crippen LogP contribution is 2.29. The Labute approximate surface area is 210 Å². The molecule has 1 aromatic heterocycles. The Kier molecular flexibility index (Phi) is 8.05. The van der Waals surface area contributed by atoms with Crippen molar-refractivity contribution in [3.05, 3.63) is 77.3 Å². The average molecular weight is 512 g/mol. The molecule has 0 aliphatic heterocycles. The van der Waals surface area contributed by atoms with Crippen LogP contribution in [-0.2, 0) is 16.0 Å². The smallest absolute Gasteiger partial charge is 0.236 e. The molecule has 9 heteroatoms. The van der Waals surface area contributed by atoms with Gasteiger partial charge in [0.1, 0.15) is 5.75 Å². The third-order valence-electron chi connectivity index (χ3n) is 4.70. The third-order valence-corrected chi connectivity index (χ3v) is 6.90. The number of amides is 2.